The highest BCUT2D eigenvalue weighted by Crippen LogP contribution is 2.16. The van der Waals surface area contributed by atoms with Crippen LogP contribution in [0.4, 0.5) is 0 Å². The quantitative estimate of drug-likeness (QED) is 0.674. The fourth-order valence-electron chi connectivity index (χ4n) is 2.70. The second-order valence-electron chi connectivity index (χ2n) is 5.41. The normalized spacial score (nSPS) is 19.4. The summed E-state index contributed by atoms with van der Waals surface area (Å²) in [7, 11) is 0. The Morgan fingerprint density at radius 1 is 1.43 bits per heavy atom. The minimum Gasteiger partial charge on any atom is -0.506 e. The molecule has 1 aliphatic rings. The van der Waals surface area contributed by atoms with E-state index in [1.165, 1.54) is 31.3 Å². The van der Waals surface area contributed by atoms with Crippen LogP contribution in [0.25, 0.3) is 0 Å². The van der Waals surface area contributed by atoms with Gasteiger partial charge < -0.3 is 15.5 Å². The Bertz CT molecular complexity index is 467. The Hall–Kier alpha value is -1.66. The molecule has 21 heavy (non-hydrogen) atoms. The van der Waals surface area contributed by atoms with Gasteiger partial charge in [0.2, 0.25) is 0 Å². The van der Waals surface area contributed by atoms with Crippen molar-refractivity contribution in [3.8, 4) is 5.75 Å². The summed E-state index contributed by atoms with van der Waals surface area (Å²) < 4.78 is 0. The molecule has 1 fully saturated rings. The molecule has 1 atom stereocenters. The van der Waals surface area contributed by atoms with Crippen molar-refractivity contribution >= 4 is 5.91 Å². The fraction of sp³-hybridized carbons (Fsp3) is 0.600. The Kier molecular flexibility index (Phi) is 5.95. The number of aromatic hydroxyl groups is 1. The smallest absolute Gasteiger partial charge is 0.252 e. The van der Waals surface area contributed by atoms with E-state index in [-0.39, 0.29) is 24.3 Å². The van der Waals surface area contributed by atoms with Crippen molar-refractivity contribution in [1.82, 2.24) is 15.2 Å². The molecule has 6 nitrogen and oxygen atoms in total. The summed E-state index contributed by atoms with van der Waals surface area (Å²) >= 11 is 0. The van der Waals surface area contributed by atoms with Gasteiger partial charge in [0.15, 0.2) is 0 Å². The van der Waals surface area contributed by atoms with E-state index in [4.69, 9.17) is 0 Å². The van der Waals surface area contributed by atoms with Crippen molar-refractivity contribution < 1.29 is 15.0 Å². The van der Waals surface area contributed by atoms with Crippen LogP contribution >= 0.6 is 0 Å². The number of aliphatic hydroxyl groups is 1. The largest absolute Gasteiger partial charge is 0.506 e. The molecule has 2 heterocycles. The average molecular weight is 293 g/mol. The van der Waals surface area contributed by atoms with Crippen LogP contribution in [-0.2, 0) is 0 Å². The first-order valence-electron chi connectivity index (χ1n) is 7.48. The van der Waals surface area contributed by atoms with E-state index in [9.17, 15) is 15.0 Å². The molecule has 1 aromatic rings. The summed E-state index contributed by atoms with van der Waals surface area (Å²) in [5, 5.41) is 21.4. The van der Waals surface area contributed by atoms with Crippen molar-refractivity contribution in [2.45, 2.75) is 31.7 Å². The number of aromatic nitrogens is 1. The van der Waals surface area contributed by atoms with Crippen LogP contribution in [0.1, 0.15) is 36.0 Å². The number of nitrogens with zero attached hydrogens (tertiary/aromatic N) is 2. The van der Waals surface area contributed by atoms with E-state index in [1.54, 1.807) is 0 Å². The van der Waals surface area contributed by atoms with E-state index in [2.05, 4.69) is 15.2 Å². The third-order valence-electron chi connectivity index (χ3n) is 3.85. The Morgan fingerprint density at radius 2 is 2.29 bits per heavy atom. The number of nitrogens with one attached hydrogen (secondary N) is 1. The highest BCUT2D eigenvalue weighted by Gasteiger charge is 2.20. The molecular weight excluding hydrogens is 270 g/mol. The monoisotopic (exact) mass is 293 g/mol. The zero-order chi connectivity index (χ0) is 15.1. The van der Waals surface area contributed by atoms with Crippen LogP contribution in [0.15, 0.2) is 18.5 Å². The molecule has 3 N–H and O–H groups in total. The van der Waals surface area contributed by atoms with Gasteiger partial charge in [-0.1, -0.05) is 6.42 Å². The maximum absolute atomic E-state index is 11.9. The number of carbonyl (C=O) groups excluding carboxylic acids is 1. The van der Waals surface area contributed by atoms with Gasteiger partial charge in [-0.2, -0.15) is 0 Å². The first kappa shape index (κ1) is 15.7. The number of pyridine rings is 1. The second kappa shape index (κ2) is 7.95. The van der Waals surface area contributed by atoms with Gasteiger partial charge in [-0.3, -0.25) is 14.7 Å². The lowest BCUT2D eigenvalue weighted by Gasteiger charge is -2.34. The van der Waals surface area contributed by atoms with Crippen LogP contribution in [-0.4, -0.2) is 58.3 Å². The van der Waals surface area contributed by atoms with Gasteiger partial charge in [0.05, 0.1) is 18.4 Å². The van der Waals surface area contributed by atoms with Crippen molar-refractivity contribution in [1.29, 1.82) is 0 Å². The topological polar surface area (TPSA) is 85.7 Å². The third kappa shape index (κ3) is 4.68. The van der Waals surface area contributed by atoms with Gasteiger partial charge >= 0.3 is 0 Å². The summed E-state index contributed by atoms with van der Waals surface area (Å²) in [6, 6.07) is 1.67. The third-order valence-corrected chi connectivity index (χ3v) is 3.85. The molecule has 6 heteroatoms. The first-order chi connectivity index (χ1) is 10.2. The molecule has 2 rings (SSSR count). The molecular formula is C15H23N3O3. The van der Waals surface area contributed by atoms with E-state index in [0.717, 1.165) is 25.9 Å². The molecule has 1 saturated heterocycles. The number of likely N-dealkylation sites (tertiary alicyclic amines) is 1. The zero-order valence-corrected chi connectivity index (χ0v) is 12.2. The fourth-order valence-corrected chi connectivity index (χ4v) is 2.70. The van der Waals surface area contributed by atoms with Crippen LogP contribution in [0.2, 0.25) is 0 Å². The minimum absolute atomic E-state index is 0.0123. The number of piperidine rings is 1. The molecule has 116 valence electrons. The lowest BCUT2D eigenvalue weighted by Crippen LogP contribution is -2.43. The van der Waals surface area contributed by atoms with Crippen LogP contribution in [0.5, 0.6) is 5.75 Å². The summed E-state index contributed by atoms with van der Waals surface area (Å²) in [5.41, 5.74) is 0.362. The van der Waals surface area contributed by atoms with Crippen LogP contribution in [0, 0.1) is 0 Å². The van der Waals surface area contributed by atoms with E-state index in [0.29, 0.717) is 12.1 Å². The van der Waals surface area contributed by atoms with Gasteiger partial charge in [-0.05, 0) is 31.9 Å². The second-order valence-corrected chi connectivity index (χ2v) is 5.41. The molecule has 0 aliphatic carbocycles. The molecule has 1 aromatic heterocycles. The number of carbonyl (C=O) groups is 1. The summed E-state index contributed by atoms with van der Waals surface area (Å²) in [6.45, 7) is 2.68. The van der Waals surface area contributed by atoms with E-state index < -0.39 is 0 Å². The van der Waals surface area contributed by atoms with Gasteiger partial charge in [-0.15, -0.1) is 0 Å². The summed E-state index contributed by atoms with van der Waals surface area (Å²) in [5.74, 6) is -0.238. The molecule has 1 aliphatic heterocycles. The molecule has 0 bridgehead atoms. The lowest BCUT2D eigenvalue weighted by molar-refractivity contribution is 0.0868. The lowest BCUT2D eigenvalue weighted by atomic mass is 10.0. The Balaban J connectivity index is 1.70. The summed E-state index contributed by atoms with van der Waals surface area (Å²) in [4.78, 5) is 17.9. The van der Waals surface area contributed by atoms with Gasteiger partial charge in [0.1, 0.15) is 5.75 Å². The Morgan fingerprint density at radius 3 is 3.05 bits per heavy atom. The van der Waals surface area contributed by atoms with Gasteiger partial charge in [-0.25, -0.2) is 0 Å². The SMILES string of the molecule is O=C(NCCCN1CCCCC1CO)c1cncc(O)c1. The number of hydrogen-bond acceptors (Lipinski definition) is 5. The maximum atomic E-state index is 11.9. The zero-order valence-electron chi connectivity index (χ0n) is 12.2. The highest BCUT2D eigenvalue weighted by atomic mass is 16.3. The number of rotatable bonds is 6. The van der Waals surface area contributed by atoms with E-state index in [1.807, 2.05) is 0 Å². The van der Waals surface area contributed by atoms with Crippen molar-refractivity contribution in [3.63, 3.8) is 0 Å². The molecule has 0 spiro atoms. The number of aliphatic hydroxyl groups excluding tert-OH is 1. The predicted molar refractivity (Wildman–Crippen MR) is 79.1 cm³/mol. The van der Waals surface area contributed by atoms with Gasteiger partial charge in [0, 0.05) is 25.3 Å². The minimum atomic E-state index is -0.226. The standard InChI is InChI=1S/C15H23N3O3/c19-11-13-4-1-2-6-18(13)7-3-5-17-15(21)12-8-14(20)10-16-9-12/h8-10,13,19-20H,1-7,11H2,(H,17,21). The van der Waals surface area contributed by atoms with E-state index >= 15 is 0 Å². The van der Waals surface area contributed by atoms with Crippen molar-refractivity contribution in [3.05, 3.63) is 24.0 Å². The average Bonchev–Trinajstić information content (AvgIpc) is 2.51. The molecule has 0 saturated carbocycles. The molecule has 1 unspecified atom stereocenters. The van der Waals surface area contributed by atoms with Gasteiger partial charge in [0.25, 0.3) is 5.91 Å². The summed E-state index contributed by atoms with van der Waals surface area (Å²) in [6.07, 6.45) is 6.98. The molecule has 0 radical (unpaired) electrons. The van der Waals surface area contributed by atoms with Crippen molar-refractivity contribution in [2.75, 3.05) is 26.2 Å². The first-order valence-corrected chi connectivity index (χ1v) is 7.48. The highest BCUT2D eigenvalue weighted by molar-refractivity contribution is 5.94. The number of hydrogen-bond donors (Lipinski definition) is 3. The van der Waals surface area contributed by atoms with Crippen molar-refractivity contribution in [2.24, 2.45) is 0 Å². The Labute approximate surface area is 124 Å². The predicted octanol–water partition coefficient (Wildman–Crippen LogP) is 0.754. The van der Waals surface area contributed by atoms with Crippen LogP contribution < -0.4 is 5.32 Å². The molecule has 1 amide bonds. The number of amides is 1. The van der Waals surface area contributed by atoms with Crippen LogP contribution in [0.3, 0.4) is 0 Å². The maximum Gasteiger partial charge on any atom is 0.252 e. The molecule has 0 aromatic carbocycles.